The molecule has 0 saturated heterocycles. The lowest BCUT2D eigenvalue weighted by Crippen LogP contribution is -2.28. The molecule has 1 amide bonds. The second-order valence-corrected chi connectivity index (χ2v) is 8.97. The van der Waals surface area contributed by atoms with Gasteiger partial charge >= 0.3 is 6.09 Å². The minimum Gasteiger partial charge on any atom is -0.444 e. The van der Waals surface area contributed by atoms with Gasteiger partial charge in [-0.2, -0.15) is 4.98 Å². The highest BCUT2D eigenvalue weighted by atomic mass is 127. The van der Waals surface area contributed by atoms with Crippen LogP contribution in [0.4, 0.5) is 10.7 Å². The molecule has 0 radical (unpaired) electrons. The third kappa shape index (κ3) is 4.69. The molecule has 3 atom stereocenters. The quantitative estimate of drug-likeness (QED) is 0.369. The first-order chi connectivity index (χ1) is 13.6. The summed E-state index contributed by atoms with van der Waals surface area (Å²) in [5, 5.41) is 2.60. The fourth-order valence-electron chi connectivity index (χ4n) is 3.53. The molecule has 3 rings (SSSR count). The molecule has 0 aromatic carbocycles. The number of aromatic nitrogens is 4. The average Bonchev–Trinajstić information content (AvgIpc) is 3.15. The highest BCUT2D eigenvalue weighted by Gasteiger charge is 2.39. The van der Waals surface area contributed by atoms with Gasteiger partial charge in [0.15, 0.2) is 5.65 Å². The van der Waals surface area contributed by atoms with Crippen molar-refractivity contribution < 1.29 is 19.0 Å². The van der Waals surface area contributed by atoms with Gasteiger partial charge in [0.05, 0.1) is 25.1 Å². The minimum absolute atomic E-state index is 0.00479. The van der Waals surface area contributed by atoms with E-state index in [-0.39, 0.29) is 24.0 Å². The van der Waals surface area contributed by atoms with E-state index in [1.54, 1.807) is 41.3 Å². The number of anilines is 1. The van der Waals surface area contributed by atoms with Crippen molar-refractivity contribution in [2.45, 2.75) is 44.9 Å². The maximum Gasteiger partial charge on any atom is 0.414 e. The zero-order chi connectivity index (χ0) is 21.3. The van der Waals surface area contributed by atoms with Gasteiger partial charge in [0.1, 0.15) is 14.8 Å². The van der Waals surface area contributed by atoms with Crippen molar-refractivity contribution in [1.82, 2.24) is 19.5 Å². The Hall–Kier alpha value is -1.79. The number of hydrogen-bond acceptors (Lipinski definition) is 7. The Kier molecular flexibility index (Phi) is 6.44. The lowest BCUT2D eigenvalue weighted by atomic mass is 10.0. The lowest BCUT2D eigenvalue weighted by molar-refractivity contribution is 0.0413. The summed E-state index contributed by atoms with van der Waals surface area (Å²) in [5.41, 5.74) is 1.68. The van der Waals surface area contributed by atoms with Crippen LogP contribution in [0.5, 0.6) is 0 Å². The number of rotatable bonds is 5. The minimum atomic E-state index is -0.615. The molecule has 1 aliphatic carbocycles. The van der Waals surface area contributed by atoms with Gasteiger partial charge in [-0.25, -0.2) is 14.8 Å². The average molecular weight is 515 g/mol. The molecule has 2 heterocycles. The Morgan fingerprint density at radius 3 is 2.72 bits per heavy atom. The molecule has 9 nitrogen and oxygen atoms in total. The molecule has 10 heteroatoms. The zero-order valence-electron chi connectivity index (χ0n) is 17.2. The monoisotopic (exact) mass is 515 g/mol. The molecule has 1 aliphatic rings. The van der Waals surface area contributed by atoms with Gasteiger partial charge < -0.3 is 18.8 Å². The molecule has 29 heavy (non-hydrogen) atoms. The van der Waals surface area contributed by atoms with Gasteiger partial charge in [-0.1, -0.05) is 6.58 Å². The van der Waals surface area contributed by atoms with E-state index in [4.69, 9.17) is 14.2 Å². The van der Waals surface area contributed by atoms with Crippen LogP contribution in [0.25, 0.3) is 11.2 Å². The van der Waals surface area contributed by atoms with E-state index < -0.39 is 11.7 Å². The summed E-state index contributed by atoms with van der Waals surface area (Å²) >= 11 is 2.08. The Labute approximate surface area is 183 Å². The molecular weight excluding hydrogens is 489 g/mol. The van der Waals surface area contributed by atoms with E-state index in [9.17, 15) is 4.79 Å². The second-order valence-electron chi connectivity index (χ2n) is 7.95. The Morgan fingerprint density at radius 1 is 1.38 bits per heavy atom. The number of hydrogen-bond donors (Lipinski definition) is 1. The second kappa shape index (κ2) is 8.52. The van der Waals surface area contributed by atoms with Crippen LogP contribution >= 0.6 is 22.6 Å². The normalized spacial score (nSPS) is 22.3. The van der Waals surface area contributed by atoms with Crippen LogP contribution < -0.4 is 5.32 Å². The van der Waals surface area contributed by atoms with E-state index >= 15 is 0 Å². The molecule has 158 valence electrons. The van der Waals surface area contributed by atoms with E-state index in [0.717, 1.165) is 12.0 Å². The zero-order valence-corrected chi connectivity index (χ0v) is 19.4. The first kappa shape index (κ1) is 21.9. The van der Waals surface area contributed by atoms with Crippen LogP contribution in [0.1, 0.15) is 33.2 Å². The first-order valence-corrected chi connectivity index (χ1v) is 10.3. The van der Waals surface area contributed by atoms with Crippen LogP contribution in [0, 0.1) is 9.62 Å². The molecule has 1 saturated carbocycles. The number of carbonyl (C=O) groups is 1. The van der Waals surface area contributed by atoms with Crippen molar-refractivity contribution in [3.05, 3.63) is 22.2 Å². The molecule has 2 aromatic heterocycles. The SMILES string of the molecule is C=C1[C@H](COC)[C@@H](OC)C[C@@H]1n1cnc2c(I)nc(NC(=O)OC(C)(C)C)nc21. The van der Waals surface area contributed by atoms with Crippen molar-refractivity contribution in [3.8, 4) is 0 Å². The molecule has 1 fully saturated rings. The summed E-state index contributed by atoms with van der Waals surface area (Å²) in [4.78, 5) is 25.4. The summed E-state index contributed by atoms with van der Waals surface area (Å²) in [6.07, 6.45) is 1.87. The number of imidazole rings is 1. The standard InChI is InChI=1S/C19H26IN5O4/c1-10-11(8-27-5)13(28-6)7-12(10)25-9-21-14-15(20)22-17(23-16(14)25)24-18(26)29-19(2,3)4/h9,11-13H,1,7-8H2,2-6H3,(H,22,23,24,26)/t11-,12-,13-/m0/s1. The Morgan fingerprint density at radius 2 is 2.10 bits per heavy atom. The Bertz CT molecular complexity index is 923. The van der Waals surface area contributed by atoms with E-state index in [1.807, 2.05) is 4.57 Å². The molecule has 0 spiro atoms. The number of methoxy groups -OCH3 is 2. The van der Waals surface area contributed by atoms with Crippen LogP contribution in [0.2, 0.25) is 0 Å². The lowest BCUT2D eigenvalue weighted by Gasteiger charge is -2.19. The number of ether oxygens (including phenoxy) is 3. The summed E-state index contributed by atoms with van der Waals surface area (Å²) < 4.78 is 18.9. The first-order valence-electron chi connectivity index (χ1n) is 9.25. The van der Waals surface area contributed by atoms with Crippen molar-refractivity contribution in [2.75, 3.05) is 26.1 Å². The summed E-state index contributed by atoms with van der Waals surface area (Å²) in [6.45, 7) is 10.2. The van der Waals surface area contributed by atoms with Crippen LogP contribution in [0.15, 0.2) is 18.5 Å². The van der Waals surface area contributed by atoms with Crippen LogP contribution in [0.3, 0.4) is 0 Å². The smallest absolute Gasteiger partial charge is 0.414 e. The van der Waals surface area contributed by atoms with Crippen LogP contribution in [-0.4, -0.2) is 58.1 Å². The van der Waals surface area contributed by atoms with Gasteiger partial charge in [0, 0.05) is 20.1 Å². The summed E-state index contributed by atoms with van der Waals surface area (Å²) in [5.74, 6) is 0.256. The third-order valence-corrected chi connectivity index (χ3v) is 5.54. The van der Waals surface area contributed by atoms with E-state index in [1.165, 1.54) is 0 Å². The number of fused-ring (bicyclic) bond motifs is 1. The van der Waals surface area contributed by atoms with Gasteiger partial charge in [-0.3, -0.25) is 5.32 Å². The number of halogens is 1. The maximum absolute atomic E-state index is 12.1. The predicted octanol–water partition coefficient (Wildman–Crippen LogP) is 3.56. The molecule has 0 bridgehead atoms. The molecule has 0 aliphatic heterocycles. The molecule has 1 N–H and O–H groups in total. The highest BCUT2D eigenvalue weighted by Crippen LogP contribution is 2.41. The van der Waals surface area contributed by atoms with Crippen LogP contribution in [-0.2, 0) is 14.2 Å². The summed E-state index contributed by atoms with van der Waals surface area (Å²) in [7, 11) is 3.37. The van der Waals surface area contributed by atoms with E-state index in [0.29, 0.717) is 21.5 Å². The molecule has 0 unspecified atom stereocenters. The fourth-order valence-corrected chi connectivity index (χ4v) is 4.14. The predicted molar refractivity (Wildman–Crippen MR) is 117 cm³/mol. The number of nitrogens with zero attached hydrogens (tertiary/aromatic N) is 4. The molecular formula is C19H26IN5O4. The van der Waals surface area contributed by atoms with Crippen molar-refractivity contribution in [1.29, 1.82) is 0 Å². The van der Waals surface area contributed by atoms with Gasteiger partial charge in [-0.05, 0) is 55.4 Å². The Balaban J connectivity index is 1.93. The maximum atomic E-state index is 12.1. The fraction of sp³-hybridized carbons (Fsp3) is 0.579. The highest BCUT2D eigenvalue weighted by molar-refractivity contribution is 14.1. The van der Waals surface area contributed by atoms with Gasteiger partial charge in [0.2, 0.25) is 5.95 Å². The number of amides is 1. The number of nitrogens with one attached hydrogen (secondary N) is 1. The van der Waals surface area contributed by atoms with Gasteiger partial charge in [0.25, 0.3) is 0 Å². The van der Waals surface area contributed by atoms with Crippen molar-refractivity contribution in [2.24, 2.45) is 5.92 Å². The summed E-state index contributed by atoms with van der Waals surface area (Å²) in [6, 6.07) is -0.0369. The van der Waals surface area contributed by atoms with Crippen molar-refractivity contribution in [3.63, 3.8) is 0 Å². The largest absolute Gasteiger partial charge is 0.444 e. The van der Waals surface area contributed by atoms with Gasteiger partial charge in [-0.15, -0.1) is 0 Å². The third-order valence-electron chi connectivity index (χ3n) is 4.79. The molecule has 2 aromatic rings. The van der Waals surface area contributed by atoms with Crippen molar-refractivity contribution >= 4 is 45.8 Å². The number of carbonyl (C=O) groups excluding carboxylic acids is 1. The topological polar surface area (TPSA) is 100 Å². The van der Waals surface area contributed by atoms with E-state index in [2.05, 4.69) is 49.4 Å².